The molecule has 1 fully saturated rings. The van der Waals surface area contributed by atoms with E-state index in [1.807, 2.05) is 0 Å². The summed E-state index contributed by atoms with van der Waals surface area (Å²) in [5, 5.41) is 4.40. The number of rotatable bonds is 2. The lowest BCUT2D eigenvalue weighted by Crippen LogP contribution is -2.48. The zero-order chi connectivity index (χ0) is 12.8. The lowest BCUT2D eigenvalue weighted by Gasteiger charge is -2.38. The van der Waals surface area contributed by atoms with Gasteiger partial charge >= 0.3 is 0 Å². The van der Waals surface area contributed by atoms with Gasteiger partial charge in [-0.3, -0.25) is 4.79 Å². The van der Waals surface area contributed by atoms with Crippen LogP contribution in [-0.2, 0) is 4.79 Å². The average Bonchev–Trinajstić information content (AvgIpc) is 2.60. The average molecular weight is 257 g/mol. The van der Waals surface area contributed by atoms with Crippen LogP contribution in [0.2, 0.25) is 0 Å². The Morgan fingerprint density at radius 2 is 2.18 bits per heavy atom. The van der Waals surface area contributed by atoms with Gasteiger partial charge in [0.25, 0.3) is 0 Å². The third-order valence-electron chi connectivity index (χ3n) is 3.85. The number of hydrazone groups is 1. The first kappa shape index (κ1) is 12.9. The zero-order valence-corrected chi connectivity index (χ0v) is 11.8. The Bertz CT molecular complexity index is 374. The molecule has 0 aromatic carbocycles. The fourth-order valence-electron chi connectivity index (χ4n) is 2.92. The SMILES string of the molecule is CC1(C)CC(=O)[C@@H]2C(C(C)(C)CCl)=NN[C@@H]2C1. The molecule has 1 N–H and O–H groups in total. The molecular weight excluding hydrogens is 236 g/mol. The third kappa shape index (κ3) is 2.22. The molecule has 0 spiro atoms. The van der Waals surface area contributed by atoms with Crippen molar-refractivity contribution in [1.29, 1.82) is 0 Å². The highest BCUT2D eigenvalue weighted by atomic mass is 35.5. The van der Waals surface area contributed by atoms with E-state index in [0.29, 0.717) is 18.1 Å². The Hall–Kier alpha value is -0.570. The Morgan fingerprint density at radius 1 is 1.53 bits per heavy atom. The van der Waals surface area contributed by atoms with Gasteiger partial charge in [-0.2, -0.15) is 5.10 Å². The fourth-order valence-corrected chi connectivity index (χ4v) is 3.05. The molecule has 1 aliphatic carbocycles. The standard InChI is InChI=1S/C13H21ClN2O/c1-12(2)5-8-10(9(17)6-12)11(16-15-8)13(3,4)7-14/h8,10,15H,5-7H2,1-4H3/t8-,10-/m1/s1. The Labute approximate surface area is 108 Å². The second kappa shape index (κ2) is 3.98. The number of ketones is 1. The van der Waals surface area contributed by atoms with Crippen molar-refractivity contribution in [3.8, 4) is 0 Å². The molecule has 1 aliphatic heterocycles. The highest BCUT2D eigenvalue weighted by molar-refractivity contribution is 6.21. The fraction of sp³-hybridized carbons (Fsp3) is 0.846. The molecule has 96 valence electrons. The number of halogens is 1. The number of hydrogen-bond acceptors (Lipinski definition) is 3. The number of fused-ring (bicyclic) bond motifs is 1. The minimum atomic E-state index is -0.203. The number of alkyl halides is 1. The van der Waals surface area contributed by atoms with E-state index in [1.54, 1.807) is 0 Å². The molecule has 2 atom stereocenters. The van der Waals surface area contributed by atoms with Crippen molar-refractivity contribution in [3.63, 3.8) is 0 Å². The van der Waals surface area contributed by atoms with Gasteiger partial charge in [0, 0.05) is 17.7 Å². The van der Waals surface area contributed by atoms with E-state index in [-0.39, 0.29) is 22.8 Å². The third-order valence-corrected chi connectivity index (χ3v) is 4.52. The highest BCUT2D eigenvalue weighted by Crippen LogP contribution is 2.41. The smallest absolute Gasteiger partial charge is 0.144 e. The summed E-state index contributed by atoms with van der Waals surface area (Å²) in [4.78, 5) is 12.3. The number of Topliss-reactive ketones (excluding diaryl/α,β-unsaturated/α-hetero) is 1. The minimum absolute atomic E-state index is 0.0585. The molecular formula is C13H21ClN2O. The summed E-state index contributed by atoms with van der Waals surface area (Å²) in [7, 11) is 0. The number of nitrogens with one attached hydrogen (secondary N) is 1. The first-order chi connectivity index (χ1) is 7.77. The number of carbonyl (C=O) groups is 1. The predicted molar refractivity (Wildman–Crippen MR) is 70.4 cm³/mol. The number of carbonyl (C=O) groups excluding carboxylic acids is 1. The van der Waals surface area contributed by atoms with Gasteiger partial charge in [-0.15, -0.1) is 11.6 Å². The summed E-state index contributed by atoms with van der Waals surface area (Å²) < 4.78 is 0. The molecule has 0 amide bonds. The summed E-state index contributed by atoms with van der Waals surface area (Å²) >= 11 is 5.99. The van der Waals surface area contributed by atoms with Gasteiger partial charge in [-0.25, -0.2) is 0 Å². The maximum absolute atomic E-state index is 12.3. The first-order valence-corrected chi connectivity index (χ1v) is 6.72. The molecule has 0 bridgehead atoms. The molecule has 0 aromatic rings. The van der Waals surface area contributed by atoms with Crippen molar-refractivity contribution >= 4 is 23.1 Å². The quantitative estimate of drug-likeness (QED) is 0.772. The van der Waals surface area contributed by atoms with Crippen LogP contribution < -0.4 is 5.43 Å². The molecule has 0 aromatic heterocycles. The van der Waals surface area contributed by atoms with Crippen molar-refractivity contribution < 1.29 is 4.79 Å². The molecule has 1 saturated carbocycles. The highest BCUT2D eigenvalue weighted by Gasteiger charge is 2.49. The van der Waals surface area contributed by atoms with Crippen LogP contribution in [0.3, 0.4) is 0 Å². The van der Waals surface area contributed by atoms with Crippen molar-refractivity contribution in [2.45, 2.75) is 46.6 Å². The Balaban J connectivity index is 2.25. The summed E-state index contributed by atoms with van der Waals surface area (Å²) in [6.45, 7) is 8.40. The molecule has 0 radical (unpaired) electrons. The van der Waals surface area contributed by atoms with Crippen molar-refractivity contribution in [2.24, 2.45) is 21.8 Å². The molecule has 17 heavy (non-hydrogen) atoms. The second-order valence-electron chi connectivity index (χ2n) is 6.74. The maximum atomic E-state index is 12.3. The molecule has 2 aliphatic rings. The van der Waals surface area contributed by atoms with E-state index in [0.717, 1.165) is 12.1 Å². The van der Waals surface area contributed by atoms with Gasteiger partial charge in [0.1, 0.15) is 5.78 Å². The lowest BCUT2D eigenvalue weighted by atomic mass is 9.66. The Morgan fingerprint density at radius 3 is 2.76 bits per heavy atom. The van der Waals surface area contributed by atoms with Gasteiger partial charge in [-0.1, -0.05) is 27.7 Å². The van der Waals surface area contributed by atoms with Gasteiger partial charge in [-0.05, 0) is 11.8 Å². The maximum Gasteiger partial charge on any atom is 0.144 e. The molecule has 3 nitrogen and oxygen atoms in total. The summed E-state index contributed by atoms with van der Waals surface area (Å²) in [6, 6.07) is 0.170. The van der Waals surface area contributed by atoms with E-state index in [2.05, 4.69) is 38.2 Å². The van der Waals surface area contributed by atoms with Crippen LogP contribution in [0.15, 0.2) is 5.10 Å². The number of hydrogen-bond donors (Lipinski definition) is 1. The zero-order valence-electron chi connectivity index (χ0n) is 11.0. The van der Waals surface area contributed by atoms with E-state index < -0.39 is 0 Å². The molecule has 2 rings (SSSR count). The van der Waals surface area contributed by atoms with Crippen LogP contribution in [-0.4, -0.2) is 23.4 Å². The molecule has 0 saturated heterocycles. The van der Waals surface area contributed by atoms with E-state index in [9.17, 15) is 4.79 Å². The van der Waals surface area contributed by atoms with Crippen molar-refractivity contribution in [3.05, 3.63) is 0 Å². The van der Waals surface area contributed by atoms with E-state index in [1.165, 1.54) is 0 Å². The van der Waals surface area contributed by atoms with Crippen LogP contribution in [0.1, 0.15) is 40.5 Å². The molecule has 1 heterocycles. The van der Waals surface area contributed by atoms with Crippen molar-refractivity contribution in [1.82, 2.24) is 5.43 Å². The van der Waals surface area contributed by atoms with Crippen molar-refractivity contribution in [2.75, 3.05) is 5.88 Å². The summed E-state index contributed by atoms with van der Waals surface area (Å²) in [5.74, 6) is 0.748. The minimum Gasteiger partial charge on any atom is -0.306 e. The summed E-state index contributed by atoms with van der Waals surface area (Å²) in [6.07, 6.45) is 1.64. The normalized spacial score (nSPS) is 31.8. The van der Waals surface area contributed by atoms with Crippen LogP contribution in [0, 0.1) is 16.7 Å². The summed E-state index contributed by atoms with van der Waals surface area (Å²) in [5.41, 5.74) is 3.97. The lowest BCUT2D eigenvalue weighted by molar-refractivity contribution is -0.126. The Kier molecular flexibility index (Phi) is 3.01. The first-order valence-electron chi connectivity index (χ1n) is 6.19. The van der Waals surface area contributed by atoms with Gasteiger partial charge in [0.2, 0.25) is 0 Å². The molecule has 0 unspecified atom stereocenters. The van der Waals surface area contributed by atoms with Crippen LogP contribution in [0.25, 0.3) is 0 Å². The van der Waals surface area contributed by atoms with Crippen LogP contribution >= 0.6 is 11.6 Å². The van der Waals surface area contributed by atoms with Gasteiger partial charge in [0.05, 0.1) is 17.7 Å². The molecule has 4 heteroatoms. The van der Waals surface area contributed by atoms with Crippen LogP contribution in [0.4, 0.5) is 0 Å². The van der Waals surface area contributed by atoms with Gasteiger partial charge < -0.3 is 5.43 Å². The topological polar surface area (TPSA) is 41.5 Å². The number of nitrogens with zero attached hydrogens (tertiary/aromatic N) is 1. The predicted octanol–water partition coefficient (Wildman–Crippen LogP) is 2.58. The van der Waals surface area contributed by atoms with E-state index >= 15 is 0 Å². The van der Waals surface area contributed by atoms with Gasteiger partial charge in [0.15, 0.2) is 0 Å². The largest absolute Gasteiger partial charge is 0.306 e. The monoisotopic (exact) mass is 256 g/mol. The van der Waals surface area contributed by atoms with Crippen LogP contribution in [0.5, 0.6) is 0 Å². The van der Waals surface area contributed by atoms with E-state index in [4.69, 9.17) is 11.6 Å². The second-order valence-corrected chi connectivity index (χ2v) is 7.01.